The van der Waals surface area contributed by atoms with Crippen molar-refractivity contribution in [2.45, 2.75) is 25.0 Å². The molecule has 86 valence electrons. The number of nitrogens with one attached hydrogen (secondary N) is 1. The third kappa shape index (κ3) is 1.33. The molecule has 0 radical (unpaired) electrons. The van der Waals surface area contributed by atoms with Crippen LogP contribution in [0.15, 0.2) is 17.1 Å². The summed E-state index contributed by atoms with van der Waals surface area (Å²) in [6, 6.07) is 1.76. The molecule has 3 heterocycles. The molecule has 2 aliphatic rings. The smallest absolute Gasteiger partial charge is 0.250 e. The number of pyridine rings is 1. The number of hydrogen-bond donors (Lipinski definition) is 1. The number of aromatic nitrogens is 1. The second-order valence-corrected chi connectivity index (χ2v) is 4.69. The summed E-state index contributed by atoms with van der Waals surface area (Å²) in [4.78, 5) is 11.7. The number of piperidine rings is 1. The molecular weight excluding hydrogens is 204 g/mol. The molecule has 0 aromatic carbocycles. The quantitative estimate of drug-likeness (QED) is 0.692. The number of rotatable bonds is 0. The van der Waals surface area contributed by atoms with Gasteiger partial charge in [0.05, 0.1) is 12.2 Å². The van der Waals surface area contributed by atoms with Crippen LogP contribution in [0, 0.1) is 0 Å². The van der Waals surface area contributed by atoms with Gasteiger partial charge in [0, 0.05) is 24.9 Å². The lowest BCUT2D eigenvalue weighted by Gasteiger charge is -2.33. The molecule has 2 aliphatic heterocycles. The molecule has 1 aromatic rings. The monoisotopic (exact) mass is 220 g/mol. The molecule has 0 atom stereocenters. The third-order valence-electron chi connectivity index (χ3n) is 3.72. The maximum Gasteiger partial charge on any atom is 0.250 e. The Balaban J connectivity index is 2.10. The molecule has 16 heavy (non-hydrogen) atoms. The molecular formula is C12H16N2O2. The molecule has 1 spiro atoms. The van der Waals surface area contributed by atoms with Gasteiger partial charge >= 0.3 is 0 Å². The zero-order valence-electron chi connectivity index (χ0n) is 9.45. The predicted octanol–water partition coefficient (Wildman–Crippen LogP) is 0.494. The lowest BCUT2D eigenvalue weighted by atomic mass is 9.85. The van der Waals surface area contributed by atoms with Gasteiger partial charge in [0.1, 0.15) is 0 Å². The Morgan fingerprint density at radius 2 is 2.19 bits per heavy atom. The van der Waals surface area contributed by atoms with Crippen molar-refractivity contribution in [2.75, 3.05) is 13.1 Å². The van der Waals surface area contributed by atoms with E-state index in [1.807, 2.05) is 6.20 Å². The normalized spacial score (nSPS) is 22.3. The second-order valence-electron chi connectivity index (χ2n) is 4.69. The first-order chi connectivity index (χ1) is 7.71. The number of ether oxygens (including phenoxy) is 1. The van der Waals surface area contributed by atoms with Gasteiger partial charge in [-0.1, -0.05) is 0 Å². The molecule has 0 unspecified atom stereocenters. The van der Waals surface area contributed by atoms with E-state index < -0.39 is 0 Å². The van der Waals surface area contributed by atoms with Crippen LogP contribution in [0.4, 0.5) is 0 Å². The summed E-state index contributed by atoms with van der Waals surface area (Å²) < 4.78 is 7.60. The van der Waals surface area contributed by atoms with Gasteiger partial charge in [-0.15, -0.1) is 0 Å². The Morgan fingerprint density at radius 3 is 2.94 bits per heavy atom. The van der Waals surface area contributed by atoms with E-state index >= 15 is 0 Å². The summed E-state index contributed by atoms with van der Waals surface area (Å²) in [5.41, 5.74) is 2.16. The van der Waals surface area contributed by atoms with Crippen LogP contribution in [-0.4, -0.2) is 17.7 Å². The minimum Gasteiger partial charge on any atom is -0.365 e. The number of nitrogens with zero attached hydrogens (tertiary/aromatic N) is 1. The molecule has 1 aromatic heterocycles. The van der Waals surface area contributed by atoms with Crippen LogP contribution in [0.25, 0.3) is 0 Å². The largest absolute Gasteiger partial charge is 0.365 e. The van der Waals surface area contributed by atoms with E-state index in [0.29, 0.717) is 6.61 Å². The summed E-state index contributed by atoms with van der Waals surface area (Å²) in [5.74, 6) is 0. The van der Waals surface area contributed by atoms with E-state index in [1.54, 1.807) is 17.7 Å². The average molecular weight is 220 g/mol. The SMILES string of the molecule is Cn1cc2c(cc1=O)C1(CCNCC1)OC2. The fourth-order valence-corrected chi connectivity index (χ4v) is 2.76. The van der Waals surface area contributed by atoms with Gasteiger partial charge in [-0.3, -0.25) is 4.79 Å². The van der Waals surface area contributed by atoms with Crippen LogP contribution >= 0.6 is 0 Å². The third-order valence-corrected chi connectivity index (χ3v) is 3.72. The van der Waals surface area contributed by atoms with Crippen molar-refractivity contribution in [3.05, 3.63) is 33.7 Å². The molecule has 0 saturated carbocycles. The fraction of sp³-hybridized carbons (Fsp3) is 0.583. The average Bonchev–Trinajstić information content (AvgIpc) is 2.60. The predicted molar refractivity (Wildman–Crippen MR) is 60.3 cm³/mol. The minimum absolute atomic E-state index is 0.0576. The molecule has 3 rings (SSSR count). The van der Waals surface area contributed by atoms with Crippen molar-refractivity contribution in [1.29, 1.82) is 0 Å². The minimum atomic E-state index is -0.187. The Hall–Kier alpha value is -1.13. The van der Waals surface area contributed by atoms with E-state index in [0.717, 1.165) is 31.5 Å². The molecule has 0 aliphatic carbocycles. The van der Waals surface area contributed by atoms with Crippen molar-refractivity contribution >= 4 is 0 Å². The zero-order valence-corrected chi connectivity index (χ0v) is 9.45. The summed E-state index contributed by atoms with van der Waals surface area (Å²) in [6.45, 7) is 2.58. The highest BCUT2D eigenvalue weighted by atomic mass is 16.5. The summed E-state index contributed by atoms with van der Waals surface area (Å²) in [5, 5.41) is 3.33. The van der Waals surface area contributed by atoms with E-state index in [1.165, 1.54) is 5.56 Å². The Labute approximate surface area is 94.2 Å². The van der Waals surface area contributed by atoms with Crippen LogP contribution in [0.3, 0.4) is 0 Å². The maximum atomic E-state index is 11.7. The highest BCUT2D eigenvalue weighted by Crippen LogP contribution is 2.41. The van der Waals surface area contributed by atoms with Crippen molar-refractivity contribution in [3.8, 4) is 0 Å². The molecule has 1 saturated heterocycles. The van der Waals surface area contributed by atoms with Gasteiger partial charge in [0.25, 0.3) is 5.56 Å². The van der Waals surface area contributed by atoms with Crippen molar-refractivity contribution in [3.63, 3.8) is 0 Å². The van der Waals surface area contributed by atoms with Gasteiger partial charge in [-0.2, -0.15) is 0 Å². The van der Waals surface area contributed by atoms with Gasteiger partial charge in [-0.25, -0.2) is 0 Å². The van der Waals surface area contributed by atoms with Crippen LogP contribution in [0.5, 0.6) is 0 Å². The standard InChI is InChI=1S/C12H16N2O2/c1-14-7-9-8-16-12(2-4-13-5-3-12)10(9)6-11(14)15/h6-7,13H,2-5,8H2,1H3. The summed E-state index contributed by atoms with van der Waals surface area (Å²) >= 11 is 0. The molecule has 0 bridgehead atoms. The topological polar surface area (TPSA) is 43.3 Å². The first kappa shape index (κ1) is 10.1. The summed E-state index contributed by atoms with van der Waals surface area (Å²) in [6.07, 6.45) is 3.84. The van der Waals surface area contributed by atoms with Crippen molar-refractivity contribution < 1.29 is 4.74 Å². The van der Waals surface area contributed by atoms with Gasteiger partial charge in [-0.05, 0) is 31.5 Å². The second kappa shape index (κ2) is 3.43. The van der Waals surface area contributed by atoms with E-state index in [4.69, 9.17) is 4.74 Å². The Bertz CT molecular complexity index is 472. The molecule has 4 heteroatoms. The number of fused-ring (bicyclic) bond motifs is 2. The van der Waals surface area contributed by atoms with Crippen LogP contribution in [0.1, 0.15) is 24.0 Å². The first-order valence-electron chi connectivity index (χ1n) is 5.76. The van der Waals surface area contributed by atoms with Gasteiger partial charge < -0.3 is 14.6 Å². The highest BCUT2D eigenvalue weighted by molar-refractivity contribution is 5.33. The highest BCUT2D eigenvalue weighted by Gasteiger charge is 2.41. The zero-order chi connectivity index (χ0) is 11.2. The van der Waals surface area contributed by atoms with Crippen LogP contribution in [-0.2, 0) is 24.0 Å². The van der Waals surface area contributed by atoms with E-state index in [-0.39, 0.29) is 11.2 Å². The maximum absolute atomic E-state index is 11.7. The Kier molecular flexibility index (Phi) is 2.16. The molecule has 0 amide bonds. The molecule has 4 nitrogen and oxygen atoms in total. The van der Waals surface area contributed by atoms with Crippen LogP contribution < -0.4 is 10.9 Å². The lowest BCUT2D eigenvalue weighted by molar-refractivity contribution is -0.0590. The van der Waals surface area contributed by atoms with Gasteiger partial charge in [0.2, 0.25) is 0 Å². The molecule has 1 N–H and O–H groups in total. The van der Waals surface area contributed by atoms with Crippen molar-refractivity contribution in [1.82, 2.24) is 9.88 Å². The Morgan fingerprint density at radius 1 is 1.44 bits per heavy atom. The van der Waals surface area contributed by atoms with Gasteiger partial charge in [0.15, 0.2) is 0 Å². The van der Waals surface area contributed by atoms with Crippen molar-refractivity contribution in [2.24, 2.45) is 7.05 Å². The fourth-order valence-electron chi connectivity index (χ4n) is 2.76. The van der Waals surface area contributed by atoms with Crippen LogP contribution in [0.2, 0.25) is 0 Å². The summed E-state index contributed by atoms with van der Waals surface area (Å²) in [7, 11) is 1.79. The first-order valence-corrected chi connectivity index (χ1v) is 5.76. The van der Waals surface area contributed by atoms with E-state index in [2.05, 4.69) is 5.32 Å². The van der Waals surface area contributed by atoms with E-state index in [9.17, 15) is 4.79 Å². The number of aryl methyl sites for hydroxylation is 1. The number of hydrogen-bond acceptors (Lipinski definition) is 3. The molecule has 1 fully saturated rings. The lowest BCUT2D eigenvalue weighted by Crippen LogP contribution is -2.40.